The highest BCUT2D eigenvalue weighted by molar-refractivity contribution is 7.89. The minimum absolute atomic E-state index is 0.0951. The molecule has 0 atom stereocenters. The van der Waals surface area contributed by atoms with E-state index in [9.17, 15) is 13.2 Å². The zero-order valence-electron chi connectivity index (χ0n) is 16.7. The summed E-state index contributed by atoms with van der Waals surface area (Å²) in [6.07, 6.45) is 0.832. The number of hydrogen-bond donors (Lipinski definition) is 4. The molecule has 0 bridgehead atoms. The molecule has 1 aromatic heterocycles. The van der Waals surface area contributed by atoms with Crippen molar-refractivity contribution in [3.05, 3.63) is 53.6 Å². The van der Waals surface area contributed by atoms with Gasteiger partial charge in [0.1, 0.15) is 5.75 Å². The molecule has 0 aliphatic rings. The summed E-state index contributed by atoms with van der Waals surface area (Å²) < 4.78 is 33.2. The van der Waals surface area contributed by atoms with E-state index in [0.717, 1.165) is 11.3 Å². The van der Waals surface area contributed by atoms with Crippen LogP contribution in [0.4, 0.5) is 0 Å². The number of sulfonamides is 1. The summed E-state index contributed by atoms with van der Waals surface area (Å²) in [5, 5.41) is 22.3. The molecule has 31 heavy (non-hydrogen) atoms. The molecule has 4 N–H and O–H groups in total. The molecule has 11 nitrogen and oxygen atoms in total. The molecule has 0 unspecified atom stereocenters. The van der Waals surface area contributed by atoms with Gasteiger partial charge in [-0.05, 0) is 59.5 Å². The first-order chi connectivity index (χ1) is 14.9. The average Bonchev–Trinajstić information content (AvgIpc) is 3.32. The topological polar surface area (TPSA) is 159 Å². The Morgan fingerprint density at radius 1 is 1.16 bits per heavy atom. The molecule has 0 aliphatic heterocycles. The van der Waals surface area contributed by atoms with Gasteiger partial charge in [-0.2, -0.15) is 5.21 Å². The van der Waals surface area contributed by atoms with Gasteiger partial charge in [-0.1, -0.05) is 12.1 Å². The van der Waals surface area contributed by atoms with E-state index < -0.39 is 15.9 Å². The van der Waals surface area contributed by atoms with Gasteiger partial charge in [0.2, 0.25) is 21.8 Å². The molecule has 1 heterocycles. The van der Waals surface area contributed by atoms with Crippen LogP contribution in [0, 0.1) is 0 Å². The Balaban J connectivity index is 1.85. The normalized spacial score (nSPS) is 11.3. The largest absolute Gasteiger partial charge is 0.497 e. The number of hydrogen-bond acceptors (Lipinski definition) is 8. The molecule has 0 spiro atoms. The van der Waals surface area contributed by atoms with Crippen LogP contribution in [0.3, 0.4) is 0 Å². The van der Waals surface area contributed by atoms with E-state index in [0.29, 0.717) is 29.8 Å². The SMILES string of the molecule is COc1ccc(CCc2cc(-c3nn[nH]n3)ccc2S(=O)(=O)NCCC(=O)NO)cc1. The monoisotopic (exact) mass is 446 g/mol. The number of tetrazole rings is 1. The molecular weight excluding hydrogens is 424 g/mol. The molecule has 164 valence electrons. The Morgan fingerprint density at radius 3 is 2.58 bits per heavy atom. The third-order valence-electron chi connectivity index (χ3n) is 4.56. The van der Waals surface area contributed by atoms with Crippen LogP contribution in [-0.2, 0) is 27.7 Å². The second kappa shape index (κ2) is 10.1. The van der Waals surface area contributed by atoms with Crippen LogP contribution >= 0.6 is 0 Å². The zero-order chi connectivity index (χ0) is 22.3. The van der Waals surface area contributed by atoms with Gasteiger partial charge >= 0.3 is 0 Å². The molecule has 0 saturated carbocycles. The van der Waals surface area contributed by atoms with Crippen molar-refractivity contribution in [3.63, 3.8) is 0 Å². The Morgan fingerprint density at radius 2 is 1.94 bits per heavy atom. The van der Waals surface area contributed by atoms with Crippen LogP contribution < -0.4 is 14.9 Å². The molecule has 2 aromatic carbocycles. The first-order valence-electron chi connectivity index (χ1n) is 9.35. The van der Waals surface area contributed by atoms with Crippen LogP contribution in [0.15, 0.2) is 47.4 Å². The summed E-state index contributed by atoms with van der Waals surface area (Å²) >= 11 is 0. The number of hydroxylamine groups is 1. The molecule has 0 saturated heterocycles. The molecular formula is C19H22N6O5S. The lowest BCUT2D eigenvalue weighted by atomic mass is 10.0. The van der Waals surface area contributed by atoms with Crippen molar-refractivity contribution in [2.75, 3.05) is 13.7 Å². The molecule has 3 aromatic rings. The number of ether oxygens (including phenoxy) is 1. The van der Waals surface area contributed by atoms with Gasteiger partial charge < -0.3 is 4.74 Å². The number of aromatic nitrogens is 4. The van der Waals surface area contributed by atoms with E-state index in [1.54, 1.807) is 19.2 Å². The summed E-state index contributed by atoms with van der Waals surface area (Å²) in [7, 11) is -2.30. The maximum Gasteiger partial charge on any atom is 0.244 e. The van der Waals surface area contributed by atoms with Crippen molar-refractivity contribution in [2.45, 2.75) is 24.2 Å². The molecule has 0 aliphatic carbocycles. The average molecular weight is 446 g/mol. The van der Waals surface area contributed by atoms with E-state index in [1.165, 1.54) is 11.5 Å². The fourth-order valence-electron chi connectivity index (χ4n) is 2.96. The van der Waals surface area contributed by atoms with Gasteiger partial charge in [0.15, 0.2) is 0 Å². The van der Waals surface area contributed by atoms with Crippen molar-refractivity contribution < 1.29 is 23.2 Å². The van der Waals surface area contributed by atoms with Gasteiger partial charge in [0, 0.05) is 18.5 Å². The molecule has 0 radical (unpaired) electrons. The van der Waals surface area contributed by atoms with E-state index in [1.807, 2.05) is 24.3 Å². The number of rotatable bonds is 10. The third kappa shape index (κ3) is 5.84. The van der Waals surface area contributed by atoms with E-state index in [-0.39, 0.29) is 17.9 Å². The highest BCUT2D eigenvalue weighted by Gasteiger charge is 2.20. The Hall–Kier alpha value is -3.35. The number of aryl methyl sites for hydroxylation is 2. The zero-order valence-corrected chi connectivity index (χ0v) is 17.5. The van der Waals surface area contributed by atoms with Crippen molar-refractivity contribution in [1.29, 1.82) is 0 Å². The van der Waals surface area contributed by atoms with Gasteiger partial charge in [-0.3, -0.25) is 10.0 Å². The maximum atomic E-state index is 12.8. The van der Waals surface area contributed by atoms with Gasteiger partial charge in [-0.25, -0.2) is 18.6 Å². The Kier molecular flexibility index (Phi) is 7.28. The highest BCUT2D eigenvalue weighted by atomic mass is 32.2. The predicted octanol–water partition coefficient (Wildman–Crippen LogP) is 0.834. The lowest BCUT2D eigenvalue weighted by Gasteiger charge is -2.13. The Labute approximate surface area is 178 Å². The Bertz CT molecular complexity index is 1120. The van der Waals surface area contributed by atoms with E-state index in [2.05, 4.69) is 25.3 Å². The maximum absolute atomic E-state index is 12.8. The summed E-state index contributed by atoms with van der Waals surface area (Å²) in [5.41, 5.74) is 3.67. The number of nitrogens with zero attached hydrogens (tertiary/aromatic N) is 3. The van der Waals surface area contributed by atoms with Crippen molar-refractivity contribution in [1.82, 2.24) is 30.8 Å². The minimum Gasteiger partial charge on any atom is -0.497 e. The lowest BCUT2D eigenvalue weighted by Crippen LogP contribution is -2.30. The summed E-state index contributed by atoms with van der Waals surface area (Å²) in [4.78, 5) is 11.2. The van der Waals surface area contributed by atoms with Crippen LogP contribution in [-0.4, -0.2) is 53.8 Å². The molecule has 0 fully saturated rings. The smallest absolute Gasteiger partial charge is 0.244 e. The van der Waals surface area contributed by atoms with Crippen LogP contribution in [0.5, 0.6) is 5.75 Å². The predicted molar refractivity (Wildman–Crippen MR) is 110 cm³/mol. The quantitative estimate of drug-likeness (QED) is 0.263. The lowest BCUT2D eigenvalue weighted by molar-refractivity contribution is -0.129. The van der Waals surface area contributed by atoms with E-state index >= 15 is 0 Å². The second-order valence-corrected chi connectivity index (χ2v) is 8.32. The van der Waals surface area contributed by atoms with Crippen molar-refractivity contribution >= 4 is 15.9 Å². The molecule has 1 amide bonds. The third-order valence-corrected chi connectivity index (χ3v) is 6.13. The van der Waals surface area contributed by atoms with Gasteiger partial charge in [0.25, 0.3) is 0 Å². The van der Waals surface area contributed by atoms with Crippen molar-refractivity contribution in [2.24, 2.45) is 0 Å². The van der Waals surface area contributed by atoms with Crippen LogP contribution in [0.1, 0.15) is 17.5 Å². The second-order valence-electron chi connectivity index (χ2n) is 6.59. The number of aromatic amines is 1. The standard InChI is InChI=1S/C19H22N6O5S/c1-30-16-7-3-13(4-8-16)2-5-14-12-15(19-21-24-25-22-19)6-9-17(14)31(28,29)20-11-10-18(26)23-27/h3-4,6-9,12,20,27H,2,5,10-11H2,1H3,(H,23,26)(H,21,22,24,25). The van der Waals surface area contributed by atoms with Crippen LogP contribution in [0.2, 0.25) is 0 Å². The summed E-state index contributed by atoms with van der Waals surface area (Å²) in [6, 6.07) is 12.3. The van der Waals surface area contributed by atoms with Gasteiger partial charge in [-0.15, -0.1) is 10.2 Å². The summed E-state index contributed by atoms with van der Waals surface area (Å²) in [5.74, 6) is 0.402. The van der Waals surface area contributed by atoms with Crippen molar-refractivity contribution in [3.8, 4) is 17.1 Å². The first-order valence-corrected chi connectivity index (χ1v) is 10.8. The minimum atomic E-state index is -3.89. The number of carbonyl (C=O) groups is 1. The van der Waals surface area contributed by atoms with Gasteiger partial charge in [0.05, 0.1) is 12.0 Å². The number of amides is 1. The number of nitrogens with one attached hydrogen (secondary N) is 3. The van der Waals surface area contributed by atoms with Crippen LogP contribution in [0.25, 0.3) is 11.4 Å². The fourth-order valence-corrected chi connectivity index (χ4v) is 4.24. The number of methoxy groups -OCH3 is 1. The number of H-pyrrole nitrogens is 1. The van der Waals surface area contributed by atoms with E-state index in [4.69, 9.17) is 9.94 Å². The molecule has 3 rings (SSSR count). The fraction of sp³-hybridized carbons (Fsp3) is 0.263. The molecule has 12 heteroatoms. The number of carbonyl (C=O) groups excluding carboxylic acids is 1. The summed E-state index contributed by atoms with van der Waals surface area (Å²) in [6.45, 7) is -0.154. The highest BCUT2D eigenvalue weighted by Crippen LogP contribution is 2.24. The first kappa shape index (κ1) is 22.3. The number of benzene rings is 2.